The molecular formula is C12H24N2O3. The molecule has 0 aliphatic heterocycles. The van der Waals surface area contributed by atoms with Gasteiger partial charge in [-0.05, 0) is 25.2 Å². The van der Waals surface area contributed by atoms with Crippen LogP contribution in [0.2, 0.25) is 0 Å². The molecule has 0 rings (SSSR count). The van der Waals surface area contributed by atoms with Crippen LogP contribution in [0.1, 0.15) is 47.0 Å². The van der Waals surface area contributed by atoms with Crippen molar-refractivity contribution in [1.82, 2.24) is 5.32 Å². The monoisotopic (exact) mass is 244 g/mol. The fourth-order valence-electron chi connectivity index (χ4n) is 1.57. The number of nitrogens with two attached hydrogens (primary N) is 1. The Hall–Kier alpha value is -1.10. The Bertz CT molecular complexity index is 273. The predicted molar refractivity (Wildman–Crippen MR) is 66.5 cm³/mol. The minimum absolute atomic E-state index is 0.201. The molecule has 0 aromatic carbocycles. The van der Waals surface area contributed by atoms with Gasteiger partial charge in [-0.2, -0.15) is 0 Å². The van der Waals surface area contributed by atoms with Gasteiger partial charge in [-0.15, -0.1) is 0 Å². The molecule has 5 nitrogen and oxygen atoms in total. The first-order chi connectivity index (χ1) is 7.76. The summed E-state index contributed by atoms with van der Waals surface area (Å²) in [6.07, 6.45) is 1.39. The Labute approximate surface area is 103 Å². The quantitative estimate of drug-likeness (QED) is 0.625. The Morgan fingerprint density at radius 1 is 1.29 bits per heavy atom. The van der Waals surface area contributed by atoms with Crippen molar-refractivity contribution in [3.8, 4) is 0 Å². The third-order valence-electron chi connectivity index (χ3n) is 3.02. The van der Waals surface area contributed by atoms with E-state index in [1.54, 1.807) is 0 Å². The molecule has 1 amide bonds. The maximum absolute atomic E-state index is 11.9. The van der Waals surface area contributed by atoms with E-state index in [2.05, 4.69) is 5.32 Å². The van der Waals surface area contributed by atoms with E-state index < -0.39 is 17.6 Å². The van der Waals surface area contributed by atoms with Crippen LogP contribution in [0.15, 0.2) is 0 Å². The first kappa shape index (κ1) is 15.9. The van der Waals surface area contributed by atoms with Gasteiger partial charge in [0.15, 0.2) is 0 Å². The van der Waals surface area contributed by atoms with E-state index in [1.165, 1.54) is 0 Å². The number of nitrogens with one attached hydrogen (secondary N) is 1. The lowest BCUT2D eigenvalue weighted by atomic mass is 9.92. The van der Waals surface area contributed by atoms with E-state index in [1.807, 2.05) is 27.7 Å². The van der Waals surface area contributed by atoms with Crippen molar-refractivity contribution < 1.29 is 14.7 Å². The zero-order valence-electron chi connectivity index (χ0n) is 11.1. The summed E-state index contributed by atoms with van der Waals surface area (Å²) in [5.41, 5.74) is 4.95. The highest BCUT2D eigenvalue weighted by Crippen LogP contribution is 2.13. The molecule has 0 aromatic heterocycles. The number of hydrogen-bond donors (Lipinski definition) is 3. The molecule has 0 saturated heterocycles. The Kier molecular flexibility index (Phi) is 6.16. The van der Waals surface area contributed by atoms with E-state index in [0.29, 0.717) is 19.3 Å². The van der Waals surface area contributed by atoms with Gasteiger partial charge in [-0.1, -0.05) is 27.7 Å². The van der Waals surface area contributed by atoms with E-state index in [9.17, 15) is 9.59 Å². The van der Waals surface area contributed by atoms with Crippen LogP contribution in [0, 0.1) is 5.92 Å². The number of hydrogen-bond acceptors (Lipinski definition) is 3. The lowest BCUT2D eigenvalue weighted by molar-refractivity contribution is -0.143. The van der Waals surface area contributed by atoms with E-state index in [4.69, 9.17) is 10.8 Å². The molecule has 0 fully saturated rings. The summed E-state index contributed by atoms with van der Waals surface area (Å²) < 4.78 is 0. The van der Waals surface area contributed by atoms with Crippen LogP contribution in [0.4, 0.5) is 0 Å². The standard InChI is InChI=1S/C12H24N2O3/c1-5-12(13,6-2)11(17)14-9(10(15)16)7-8(3)4/h8-9H,5-7,13H2,1-4H3,(H,14,17)(H,15,16). The normalized spacial score (nSPS) is 13.5. The second-order valence-electron chi connectivity index (χ2n) is 4.86. The van der Waals surface area contributed by atoms with E-state index in [0.717, 1.165) is 0 Å². The van der Waals surface area contributed by atoms with Crippen LogP contribution in [0.3, 0.4) is 0 Å². The second kappa shape index (κ2) is 6.59. The zero-order chi connectivity index (χ0) is 13.6. The van der Waals surface area contributed by atoms with Crippen molar-refractivity contribution >= 4 is 11.9 Å². The topological polar surface area (TPSA) is 92.4 Å². The van der Waals surface area contributed by atoms with Crippen molar-refractivity contribution in [2.75, 3.05) is 0 Å². The van der Waals surface area contributed by atoms with Crippen LogP contribution >= 0.6 is 0 Å². The van der Waals surface area contributed by atoms with Gasteiger partial charge in [0.2, 0.25) is 5.91 Å². The number of rotatable bonds is 7. The highest BCUT2D eigenvalue weighted by Gasteiger charge is 2.33. The fraction of sp³-hybridized carbons (Fsp3) is 0.833. The number of carbonyl (C=O) groups excluding carboxylic acids is 1. The summed E-state index contributed by atoms with van der Waals surface area (Å²) in [5, 5.41) is 11.6. The zero-order valence-corrected chi connectivity index (χ0v) is 11.1. The summed E-state index contributed by atoms with van der Waals surface area (Å²) >= 11 is 0. The fourth-order valence-corrected chi connectivity index (χ4v) is 1.57. The molecular weight excluding hydrogens is 220 g/mol. The van der Waals surface area contributed by atoms with Gasteiger partial charge in [0, 0.05) is 0 Å². The van der Waals surface area contributed by atoms with Crippen molar-refractivity contribution in [3.63, 3.8) is 0 Å². The van der Waals surface area contributed by atoms with Crippen LogP contribution in [-0.2, 0) is 9.59 Å². The minimum Gasteiger partial charge on any atom is -0.480 e. The lowest BCUT2D eigenvalue weighted by Gasteiger charge is -2.27. The Balaban J connectivity index is 4.66. The van der Waals surface area contributed by atoms with Gasteiger partial charge in [-0.25, -0.2) is 4.79 Å². The molecule has 0 aromatic rings. The molecule has 100 valence electrons. The van der Waals surface area contributed by atoms with Crippen LogP contribution in [0.5, 0.6) is 0 Å². The third-order valence-corrected chi connectivity index (χ3v) is 3.02. The number of aliphatic carboxylic acids is 1. The molecule has 5 heteroatoms. The van der Waals surface area contributed by atoms with Crippen molar-refractivity contribution in [2.45, 2.75) is 58.5 Å². The van der Waals surface area contributed by atoms with Crippen molar-refractivity contribution in [2.24, 2.45) is 11.7 Å². The summed E-state index contributed by atoms with van der Waals surface area (Å²) in [5.74, 6) is -1.19. The van der Waals surface area contributed by atoms with Crippen molar-refractivity contribution in [1.29, 1.82) is 0 Å². The number of carboxylic acid groups (broad SMARTS) is 1. The molecule has 0 heterocycles. The van der Waals surface area contributed by atoms with Gasteiger partial charge >= 0.3 is 5.97 Å². The highest BCUT2D eigenvalue weighted by molar-refractivity contribution is 5.89. The van der Waals surface area contributed by atoms with Gasteiger partial charge in [0.05, 0.1) is 5.54 Å². The Morgan fingerprint density at radius 2 is 1.76 bits per heavy atom. The second-order valence-corrected chi connectivity index (χ2v) is 4.86. The summed E-state index contributed by atoms with van der Waals surface area (Å²) in [7, 11) is 0. The summed E-state index contributed by atoms with van der Waals surface area (Å²) in [6.45, 7) is 7.47. The molecule has 4 N–H and O–H groups in total. The summed E-state index contributed by atoms with van der Waals surface area (Å²) in [4.78, 5) is 22.9. The smallest absolute Gasteiger partial charge is 0.326 e. The Morgan fingerprint density at radius 3 is 2.06 bits per heavy atom. The van der Waals surface area contributed by atoms with E-state index >= 15 is 0 Å². The maximum Gasteiger partial charge on any atom is 0.326 e. The van der Waals surface area contributed by atoms with Gasteiger partial charge in [0.25, 0.3) is 0 Å². The number of amides is 1. The predicted octanol–water partition coefficient (Wildman–Crippen LogP) is 1.12. The van der Waals surface area contributed by atoms with Crippen LogP contribution in [-0.4, -0.2) is 28.6 Å². The lowest BCUT2D eigenvalue weighted by Crippen LogP contribution is -2.57. The minimum atomic E-state index is -1.01. The molecule has 0 radical (unpaired) electrons. The molecule has 17 heavy (non-hydrogen) atoms. The number of carboxylic acids is 1. The largest absolute Gasteiger partial charge is 0.480 e. The molecule has 1 atom stereocenters. The average Bonchev–Trinajstić information content (AvgIpc) is 2.26. The van der Waals surface area contributed by atoms with Gasteiger partial charge in [-0.3, -0.25) is 4.79 Å². The van der Waals surface area contributed by atoms with Gasteiger partial charge < -0.3 is 16.2 Å². The highest BCUT2D eigenvalue weighted by atomic mass is 16.4. The van der Waals surface area contributed by atoms with Crippen LogP contribution in [0.25, 0.3) is 0 Å². The van der Waals surface area contributed by atoms with E-state index in [-0.39, 0.29) is 11.8 Å². The molecule has 0 saturated carbocycles. The first-order valence-corrected chi connectivity index (χ1v) is 6.09. The van der Waals surface area contributed by atoms with Crippen LogP contribution < -0.4 is 11.1 Å². The first-order valence-electron chi connectivity index (χ1n) is 6.09. The molecule has 0 aliphatic rings. The SMILES string of the molecule is CCC(N)(CC)C(=O)NC(CC(C)C)C(=O)O. The summed E-state index contributed by atoms with van der Waals surface area (Å²) in [6, 6.07) is -0.858. The molecule has 0 aliphatic carbocycles. The molecule has 1 unspecified atom stereocenters. The molecule has 0 bridgehead atoms. The van der Waals surface area contributed by atoms with Crippen molar-refractivity contribution in [3.05, 3.63) is 0 Å². The number of carbonyl (C=O) groups is 2. The maximum atomic E-state index is 11.9. The molecule has 0 spiro atoms. The third kappa shape index (κ3) is 4.73. The average molecular weight is 244 g/mol. The van der Waals surface area contributed by atoms with Gasteiger partial charge in [0.1, 0.15) is 6.04 Å².